The van der Waals surface area contributed by atoms with E-state index in [0.717, 1.165) is 25.3 Å². The van der Waals surface area contributed by atoms with Crippen LogP contribution in [-0.2, 0) is 27.1 Å². The molecular formula is C16H26N6. The van der Waals surface area contributed by atoms with Gasteiger partial charge in [-0.05, 0) is 32.5 Å². The van der Waals surface area contributed by atoms with E-state index in [1.807, 2.05) is 30.3 Å². The Hall–Kier alpha value is -1.66. The second-order valence-electron chi connectivity index (χ2n) is 6.54. The molecule has 1 aliphatic heterocycles. The molecule has 0 aliphatic carbocycles. The SMILES string of the molecule is CN(C)[C@@H]1CCN(Cc2nccn2C)[C@H]1Cc1cnn(C)c1. The number of likely N-dealkylation sites (tertiary alicyclic amines) is 1. The highest BCUT2D eigenvalue weighted by atomic mass is 15.3. The summed E-state index contributed by atoms with van der Waals surface area (Å²) in [6.45, 7) is 2.04. The van der Waals surface area contributed by atoms with Crippen LogP contribution in [0.2, 0.25) is 0 Å². The van der Waals surface area contributed by atoms with Crippen LogP contribution in [-0.4, -0.2) is 61.9 Å². The minimum absolute atomic E-state index is 0.510. The number of hydrogen-bond acceptors (Lipinski definition) is 4. The van der Waals surface area contributed by atoms with Gasteiger partial charge in [-0.3, -0.25) is 9.58 Å². The van der Waals surface area contributed by atoms with Crippen LogP contribution in [0.5, 0.6) is 0 Å². The van der Waals surface area contributed by atoms with E-state index in [-0.39, 0.29) is 0 Å². The van der Waals surface area contributed by atoms with E-state index in [2.05, 4.69) is 51.8 Å². The van der Waals surface area contributed by atoms with Gasteiger partial charge in [0.1, 0.15) is 5.82 Å². The number of imidazole rings is 1. The third kappa shape index (κ3) is 3.08. The third-order valence-electron chi connectivity index (χ3n) is 4.76. The second-order valence-corrected chi connectivity index (χ2v) is 6.54. The van der Waals surface area contributed by atoms with Gasteiger partial charge in [-0.15, -0.1) is 0 Å². The fraction of sp³-hybridized carbons (Fsp3) is 0.625. The van der Waals surface area contributed by atoms with E-state index in [1.54, 1.807) is 0 Å². The average molecular weight is 302 g/mol. The molecule has 2 atom stereocenters. The van der Waals surface area contributed by atoms with Crippen molar-refractivity contribution in [1.82, 2.24) is 29.1 Å². The number of hydrogen-bond donors (Lipinski definition) is 0. The van der Waals surface area contributed by atoms with Gasteiger partial charge in [0, 0.05) is 51.3 Å². The fourth-order valence-electron chi connectivity index (χ4n) is 3.51. The second kappa shape index (κ2) is 6.22. The number of nitrogens with zero attached hydrogens (tertiary/aromatic N) is 6. The molecule has 3 heterocycles. The standard InChI is InChI=1S/C16H26N6/c1-19(2)14-5-7-22(12-16-17-6-8-20(16)3)15(14)9-13-10-18-21(4)11-13/h6,8,10-11,14-15H,5,7,9,12H2,1-4H3/t14-,15+/m1/s1. The average Bonchev–Trinajstić information content (AvgIpc) is 3.15. The van der Waals surface area contributed by atoms with Gasteiger partial charge in [0.05, 0.1) is 12.7 Å². The van der Waals surface area contributed by atoms with Crippen LogP contribution >= 0.6 is 0 Å². The van der Waals surface area contributed by atoms with Crippen LogP contribution < -0.4 is 0 Å². The Bertz CT molecular complexity index is 614. The van der Waals surface area contributed by atoms with Crippen molar-refractivity contribution in [2.75, 3.05) is 20.6 Å². The van der Waals surface area contributed by atoms with Gasteiger partial charge in [-0.2, -0.15) is 5.10 Å². The van der Waals surface area contributed by atoms with E-state index in [0.29, 0.717) is 12.1 Å². The fourth-order valence-corrected chi connectivity index (χ4v) is 3.51. The maximum atomic E-state index is 4.49. The monoisotopic (exact) mass is 302 g/mol. The number of likely N-dealkylation sites (N-methyl/N-ethyl adjacent to an activating group) is 1. The first-order valence-electron chi connectivity index (χ1n) is 7.89. The summed E-state index contributed by atoms with van der Waals surface area (Å²) in [6, 6.07) is 1.09. The molecular weight excluding hydrogens is 276 g/mol. The Labute approximate surface area is 132 Å². The summed E-state index contributed by atoms with van der Waals surface area (Å²) in [5.41, 5.74) is 1.31. The minimum Gasteiger partial charge on any atom is -0.337 e. The van der Waals surface area contributed by atoms with Crippen molar-refractivity contribution >= 4 is 0 Å². The Morgan fingerprint density at radius 1 is 1.32 bits per heavy atom. The molecule has 22 heavy (non-hydrogen) atoms. The van der Waals surface area contributed by atoms with Crippen molar-refractivity contribution in [1.29, 1.82) is 0 Å². The van der Waals surface area contributed by atoms with E-state index in [4.69, 9.17) is 0 Å². The molecule has 0 amide bonds. The van der Waals surface area contributed by atoms with Gasteiger partial charge in [-0.25, -0.2) is 4.98 Å². The van der Waals surface area contributed by atoms with Crippen LogP contribution in [0.15, 0.2) is 24.8 Å². The highest BCUT2D eigenvalue weighted by Crippen LogP contribution is 2.26. The van der Waals surface area contributed by atoms with Crippen LogP contribution in [0, 0.1) is 0 Å². The highest BCUT2D eigenvalue weighted by molar-refractivity contribution is 5.10. The van der Waals surface area contributed by atoms with Crippen LogP contribution in [0.25, 0.3) is 0 Å². The van der Waals surface area contributed by atoms with E-state index >= 15 is 0 Å². The van der Waals surface area contributed by atoms with Gasteiger partial charge in [-0.1, -0.05) is 0 Å². The maximum absolute atomic E-state index is 4.49. The topological polar surface area (TPSA) is 42.1 Å². The minimum atomic E-state index is 0.510. The molecule has 1 aliphatic rings. The zero-order valence-corrected chi connectivity index (χ0v) is 14.0. The van der Waals surface area contributed by atoms with Crippen molar-refractivity contribution < 1.29 is 0 Å². The molecule has 0 radical (unpaired) electrons. The lowest BCUT2D eigenvalue weighted by Crippen LogP contribution is -2.43. The molecule has 0 unspecified atom stereocenters. The molecule has 1 saturated heterocycles. The summed E-state index contributed by atoms with van der Waals surface area (Å²) < 4.78 is 4.00. The number of aromatic nitrogens is 4. The van der Waals surface area contributed by atoms with Gasteiger partial charge in [0.15, 0.2) is 0 Å². The Morgan fingerprint density at radius 2 is 2.14 bits per heavy atom. The molecule has 0 aromatic carbocycles. The molecule has 0 N–H and O–H groups in total. The van der Waals surface area contributed by atoms with E-state index < -0.39 is 0 Å². The maximum Gasteiger partial charge on any atom is 0.122 e. The normalized spacial score (nSPS) is 22.8. The van der Waals surface area contributed by atoms with Crippen LogP contribution in [0.4, 0.5) is 0 Å². The zero-order valence-electron chi connectivity index (χ0n) is 14.0. The quantitative estimate of drug-likeness (QED) is 0.823. The van der Waals surface area contributed by atoms with Crippen molar-refractivity contribution in [3.8, 4) is 0 Å². The lowest BCUT2D eigenvalue weighted by atomic mass is 10.0. The molecule has 6 nitrogen and oxygen atoms in total. The Morgan fingerprint density at radius 3 is 2.73 bits per heavy atom. The van der Waals surface area contributed by atoms with Gasteiger partial charge in [0.25, 0.3) is 0 Å². The molecule has 2 aromatic rings. The first-order valence-corrected chi connectivity index (χ1v) is 7.89. The molecule has 120 valence electrons. The summed E-state index contributed by atoms with van der Waals surface area (Å²) in [5.74, 6) is 1.13. The van der Waals surface area contributed by atoms with E-state index in [9.17, 15) is 0 Å². The van der Waals surface area contributed by atoms with Crippen molar-refractivity contribution in [3.63, 3.8) is 0 Å². The molecule has 0 saturated carbocycles. The van der Waals surface area contributed by atoms with Crippen molar-refractivity contribution in [2.24, 2.45) is 14.1 Å². The summed E-state index contributed by atoms with van der Waals surface area (Å²) in [4.78, 5) is 9.42. The smallest absolute Gasteiger partial charge is 0.122 e. The highest BCUT2D eigenvalue weighted by Gasteiger charge is 2.35. The number of rotatable bonds is 5. The summed E-state index contributed by atoms with van der Waals surface area (Å²) in [5, 5.41) is 4.31. The van der Waals surface area contributed by atoms with Crippen LogP contribution in [0.1, 0.15) is 17.8 Å². The van der Waals surface area contributed by atoms with Gasteiger partial charge >= 0.3 is 0 Å². The molecule has 0 bridgehead atoms. The predicted octanol–water partition coefficient (Wildman–Crippen LogP) is 0.901. The summed E-state index contributed by atoms with van der Waals surface area (Å²) >= 11 is 0. The van der Waals surface area contributed by atoms with Gasteiger partial charge < -0.3 is 9.47 Å². The Kier molecular flexibility index (Phi) is 4.31. The third-order valence-corrected chi connectivity index (χ3v) is 4.76. The first kappa shape index (κ1) is 15.2. The first-order chi connectivity index (χ1) is 10.5. The summed E-state index contributed by atoms with van der Waals surface area (Å²) in [6.07, 6.45) is 10.3. The largest absolute Gasteiger partial charge is 0.337 e. The van der Waals surface area contributed by atoms with Crippen molar-refractivity contribution in [2.45, 2.75) is 31.5 Å². The molecule has 3 rings (SSSR count). The molecule has 0 spiro atoms. The Balaban J connectivity index is 1.77. The molecule has 6 heteroatoms. The van der Waals surface area contributed by atoms with Gasteiger partial charge in [0.2, 0.25) is 0 Å². The molecule has 2 aromatic heterocycles. The lowest BCUT2D eigenvalue weighted by Gasteiger charge is -2.31. The molecule has 1 fully saturated rings. The number of aryl methyl sites for hydroxylation is 2. The predicted molar refractivity (Wildman–Crippen MR) is 86.4 cm³/mol. The van der Waals surface area contributed by atoms with Crippen LogP contribution in [0.3, 0.4) is 0 Å². The zero-order chi connectivity index (χ0) is 15.7. The summed E-state index contributed by atoms with van der Waals surface area (Å²) in [7, 11) is 8.42. The van der Waals surface area contributed by atoms with E-state index in [1.165, 1.54) is 12.0 Å². The lowest BCUT2D eigenvalue weighted by molar-refractivity contribution is 0.174. The van der Waals surface area contributed by atoms with Crippen molar-refractivity contribution in [3.05, 3.63) is 36.2 Å².